The molecule has 2 rings (SSSR count). The van der Waals surface area contributed by atoms with Gasteiger partial charge in [-0.3, -0.25) is 14.6 Å². The molecule has 0 bridgehead atoms. The Morgan fingerprint density at radius 1 is 1.29 bits per heavy atom. The smallest absolute Gasteiger partial charge is 0.312 e. The van der Waals surface area contributed by atoms with Crippen LogP contribution in [0.25, 0.3) is 0 Å². The number of benzene rings is 1. The summed E-state index contributed by atoms with van der Waals surface area (Å²) in [4.78, 5) is 28.5. The molecule has 1 aromatic carbocycles. The van der Waals surface area contributed by atoms with E-state index in [0.29, 0.717) is 11.3 Å². The molecule has 0 radical (unpaired) electrons. The maximum atomic E-state index is 12.2. The lowest BCUT2D eigenvalue weighted by Gasteiger charge is -2.46. The van der Waals surface area contributed by atoms with Crippen molar-refractivity contribution in [3.05, 3.63) is 33.8 Å². The summed E-state index contributed by atoms with van der Waals surface area (Å²) in [7, 11) is 0. The van der Waals surface area contributed by atoms with Crippen molar-refractivity contribution in [2.75, 3.05) is 0 Å². The van der Waals surface area contributed by atoms with Crippen LogP contribution in [0.2, 0.25) is 10.0 Å². The summed E-state index contributed by atoms with van der Waals surface area (Å²) in [6.07, 6.45) is 0.220. The second-order valence-corrected chi connectivity index (χ2v) is 6.87. The molecule has 24 heavy (non-hydrogen) atoms. The predicted molar refractivity (Wildman–Crippen MR) is 93.3 cm³/mol. The number of nitrogens with zero attached hydrogens (tertiary/aromatic N) is 1. The monoisotopic (exact) mass is 371 g/mol. The second-order valence-electron chi connectivity index (χ2n) is 6.08. The number of carboxylic acid groups (broad SMARTS) is 2. The average Bonchev–Trinajstić information content (AvgIpc) is 2.49. The maximum Gasteiger partial charge on any atom is 0.312 e. The molecule has 0 amide bonds. The Labute approximate surface area is 150 Å². The Bertz CT molecular complexity index is 719. The molecule has 0 aliphatic carbocycles. The van der Waals surface area contributed by atoms with Gasteiger partial charge in [-0.25, -0.2) is 0 Å². The van der Waals surface area contributed by atoms with Crippen molar-refractivity contribution in [2.45, 2.75) is 39.2 Å². The first-order chi connectivity index (χ1) is 11.2. The fourth-order valence-electron chi connectivity index (χ4n) is 3.82. The van der Waals surface area contributed by atoms with Gasteiger partial charge in [0, 0.05) is 11.6 Å². The molecule has 0 fully saturated rings. The summed E-state index contributed by atoms with van der Waals surface area (Å²) >= 11 is 12.4. The van der Waals surface area contributed by atoms with Gasteiger partial charge in [-0.2, -0.15) is 0 Å². The molecule has 1 aromatic rings. The first-order valence-corrected chi connectivity index (χ1v) is 8.38. The third-order valence-electron chi connectivity index (χ3n) is 5.05. The summed E-state index contributed by atoms with van der Waals surface area (Å²) in [6.45, 7) is 5.04. The highest BCUT2D eigenvalue weighted by Gasteiger charge is 2.57. The zero-order chi connectivity index (χ0) is 18.2. The number of carbonyl (C=O) groups is 2. The Morgan fingerprint density at radius 2 is 1.92 bits per heavy atom. The summed E-state index contributed by atoms with van der Waals surface area (Å²) in [6, 6.07) is 4.30. The predicted octanol–water partition coefficient (Wildman–Crippen LogP) is 4.12. The molecule has 4 atom stereocenters. The molecule has 0 saturated heterocycles. The molecule has 0 aromatic heterocycles. The molecular weight excluding hydrogens is 353 g/mol. The van der Waals surface area contributed by atoms with Gasteiger partial charge in [-0.15, -0.1) is 0 Å². The van der Waals surface area contributed by atoms with E-state index in [9.17, 15) is 19.8 Å². The number of hydrogen-bond donors (Lipinski definition) is 2. The van der Waals surface area contributed by atoms with Crippen molar-refractivity contribution in [1.82, 2.24) is 0 Å². The molecule has 2 N–H and O–H groups in total. The quantitative estimate of drug-likeness (QED) is 0.832. The van der Waals surface area contributed by atoms with Crippen molar-refractivity contribution in [2.24, 2.45) is 16.3 Å². The standard InChI is InChI=1S/C17H19Cl2NO4/c1-4-17(16(23)24)9(3)20-8(2)12(15(21)22)13(17)10-6-5-7-11(18)14(10)19/h5-7,9,12-13H,4H2,1-3H3,(H,21,22)(H,23,24). The van der Waals surface area contributed by atoms with Crippen molar-refractivity contribution < 1.29 is 19.8 Å². The van der Waals surface area contributed by atoms with Crippen LogP contribution in [0.5, 0.6) is 0 Å². The molecule has 1 heterocycles. The van der Waals surface area contributed by atoms with Crippen molar-refractivity contribution in [3.8, 4) is 0 Å². The Balaban J connectivity index is 2.85. The lowest BCUT2D eigenvalue weighted by Crippen LogP contribution is -2.53. The Hall–Kier alpha value is -1.59. The van der Waals surface area contributed by atoms with Crippen LogP contribution in [-0.2, 0) is 9.59 Å². The van der Waals surface area contributed by atoms with Crippen molar-refractivity contribution >= 4 is 40.9 Å². The Kier molecular flexibility index (Phi) is 5.25. The summed E-state index contributed by atoms with van der Waals surface area (Å²) in [5.41, 5.74) is -0.556. The minimum Gasteiger partial charge on any atom is -0.481 e. The molecule has 0 saturated carbocycles. The lowest BCUT2D eigenvalue weighted by atomic mass is 9.59. The van der Waals surface area contributed by atoms with Crippen LogP contribution in [0.4, 0.5) is 0 Å². The van der Waals surface area contributed by atoms with Crippen LogP contribution in [0.1, 0.15) is 38.7 Å². The van der Waals surface area contributed by atoms with E-state index >= 15 is 0 Å². The van der Waals surface area contributed by atoms with Crippen LogP contribution in [0.3, 0.4) is 0 Å². The van der Waals surface area contributed by atoms with Crippen LogP contribution in [0.15, 0.2) is 23.2 Å². The third kappa shape index (κ3) is 2.70. The van der Waals surface area contributed by atoms with Gasteiger partial charge in [0.2, 0.25) is 0 Å². The highest BCUT2D eigenvalue weighted by Crippen LogP contribution is 2.53. The highest BCUT2D eigenvalue weighted by atomic mass is 35.5. The fraction of sp³-hybridized carbons (Fsp3) is 0.471. The zero-order valence-corrected chi connectivity index (χ0v) is 15.1. The number of rotatable bonds is 4. The van der Waals surface area contributed by atoms with Crippen LogP contribution in [-0.4, -0.2) is 33.9 Å². The third-order valence-corrected chi connectivity index (χ3v) is 5.88. The zero-order valence-electron chi connectivity index (χ0n) is 13.6. The van der Waals surface area contributed by atoms with E-state index in [1.165, 1.54) is 0 Å². The van der Waals surface area contributed by atoms with Gasteiger partial charge in [-0.1, -0.05) is 42.3 Å². The van der Waals surface area contributed by atoms with Crippen LogP contribution >= 0.6 is 23.2 Å². The topological polar surface area (TPSA) is 87.0 Å². The fourth-order valence-corrected chi connectivity index (χ4v) is 4.24. The molecule has 1 aliphatic heterocycles. The van der Waals surface area contributed by atoms with Gasteiger partial charge < -0.3 is 10.2 Å². The second kappa shape index (κ2) is 6.73. The number of carboxylic acids is 2. The minimum atomic E-state index is -1.38. The van der Waals surface area contributed by atoms with E-state index < -0.39 is 35.2 Å². The summed E-state index contributed by atoms with van der Waals surface area (Å²) in [5, 5.41) is 20.2. The van der Waals surface area contributed by atoms with E-state index in [1.54, 1.807) is 39.0 Å². The first kappa shape index (κ1) is 18.7. The van der Waals surface area contributed by atoms with E-state index in [1.807, 2.05) is 0 Å². The van der Waals surface area contributed by atoms with Crippen LogP contribution < -0.4 is 0 Å². The SMILES string of the molecule is CCC1(C(=O)O)C(C)N=C(C)C(C(=O)O)C1c1cccc(Cl)c1Cl. The minimum absolute atomic E-state index is 0.191. The largest absolute Gasteiger partial charge is 0.481 e. The number of aliphatic imine (C=N–C) groups is 1. The van der Waals surface area contributed by atoms with Gasteiger partial charge in [0.15, 0.2) is 0 Å². The van der Waals surface area contributed by atoms with Gasteiger partial charge in [0.05, 0.1) is 21.5 Å². The van der Waals surface area contributed by atoms with Gasteiger partial charge >= 0.3 is 11.9 Å². The molecular formula is C17H19Cl2NO4. The van der Waals surface area contributed by atoms with Gasteiger partial charge in [0.1, 0.15) is 5.92 Å². The number of aliphatic carboxylic acids is 2. The Morgan fingerprint density at radius 3 is 2.42 bits per heavy atom. The van der Waals surface area contributed by atoms with E-state index in [0.717, 1.165) is 0 Å². The summed E-state index contributed by atoms with van der Waals surface area (Å²) < 4.78 is 0. The highest BCUT2D eigenvalue weighted by molar-refractivity contribution is 6.42. The van der Waals surface area contributed by atoms with E-state index in [-0.39, 0.29) is 16.5 Å². The number of halogens is 2. The molecule has 130 valence electrons. The van der Waals surface area contributed by atoms with E-state index in [4.69, 9.17) is 23.2 Å². The van der Waals surface area contributed by atoms with Crippen molar-refractivity contribution in [1.29, 1.82) is 0 Å². The average molecular weight is 372 g/mol. The van der Waals surface area contributed by atoms with Gasteiger partial charge in [0.25, 0.3) is 0 Å². The van der Waals surface area contributed by atoms with Crippen molar-refractivity contribution in [3.63, 3.8) is 0 Å². The van der Waals surface area contributed by atoms with Gasteiger partial charge in [-0.05, 0) is 31.9 Å². The normalized spacial score (nSPS) is 29.9. The molecule has 5 nitrogen and oxygen atoms in total. The molecule has 4 unspecified atom stereocenters. The molecule has 1 aliphatic rings. The van der Waals surface area contributed by atoms with Crippen LogP contribution in [0, 0.1) is 11.3 Å². The first-order valence-electron chi connectivity index (χ1n) is 7.62. The molecule has 0 spiro atoms. The maximum absolute atomic E-state index is 12.2. The summed E-state index contributed by atoms with van der Waals surface area (Å²) in [5.74, 6) is -4.14. The lowest BCUT2D eigenvalue weighted by molar-refractivity contribution is -0.155. The number of hydrogen-bond acceptors (Lipinski definition) is 3. The van der Waals surface area contributed by atoms with E-state index in [2.05, 4.69) is 4.99 Å². The molecule has 7 heteroatoms.